The molecule has 1 aromatic rings. The van der Waals surface area contributed by atoms with Gasteiger partial charge in [0.05, 0.1) is 11.2 Å². The van der Waals surface area contributed by atoms with E-state index in [4.69, 9.17) is 9.73 Å². The largest absolute Gasteiger partial charge is 0.381 e. The number of amidine groups is 1. The van der Waals surface area contributed by atoms with Gasteiger partial charge in [0.25, 0.3) is 0 Å². The van der Waals surface area contributed by atoms with Gasteiger partial charge in [-0.2, -0.15) is 0 Å². The number of nitrogens with one attached hydrogen (secondary N) is 1. The van der Waals surface area contributed by atoms with Crippen molar-refractivity contribution in [3.63, 3.8) is 0 Å². The minimum Gasteiger partial charge on any atom is -0.381 e. The highest BCUT2D eigenvalue weighted by atomic mass is 79.9. The highest BCUT2D eigenvalue weighted by Crippen LogP contribution is 2.36. The lowest BCUT2D eigenvalue weighted by molar-refractivity contribution is 0.0624. The predicted molar refractivity (Wildman–Crippen MR) is 85.2 cm³/mol. The van der Waals surface area contributed by atoms with Crippen LogP contribution in [0.15, 0.2) is 27.7 Å². The molecule has 1 fully saturated rings. The summed E-state index contributed by atoms with van der Waals surface area (Å²) in [6.07, 6.45) is 2.08. The molecule has 2 heterocycles. The van der Waals surface area contributed by atoms with Crippen molar-refractivity contribution in [3.8, 4) is 0 Å². The smallest absolute Gasteiger partial charge is 0.161 e. The van der Waals surface area contributed by atoms with E-state index < -0.39 is 0 Å². The topological polar surface area (TPSA) is 33.6 Å². The average Bonchev–Trinajstić information content (AvgIpc) is 2.77. The molecular weight excluding hydrogens is 324 g/mol. The third kappa shape index (κ3) is 2.98. The van der Waals surface area contributed by atoms with Gasteiger partial charge in [0, 0.05) is 23.4 Å². The van der Waals surface area contributed by atoms with Gasteiger partial charge >= 0.3 is 0 Å². The van der Waals surface area contributed by atoms with Crippen LogP contribution in [0.4, 0.5) is 5.69 Å². The van der Waals surface area contributed by atoms with Crippen LogP contribution in [0.3, 0.4) is 0 Å². The molecule has 3 nitrogen and oxygen atoms in total. The summed E-state index contributed by atoms with van der Waals surface area (Å²) in [5, 5.41) is 4.47. The van der Waals surface area contributed by atoms with E-state index in [1.54, 1.807) is 0 Å². The van der Waals surface area contributed by atoms with Crippen molar-refractivity contribution in [2.45, 2.75) is 25.3 Å². The van der Waals surface area contributed by atoms with Crippen LogP contribution in [0.1, 0.15) is 18.4 Å². The van der Waals surface area contributed by atoms with Crippen molar-refractivity contribution in [2.75, 3.05) is 24.3 Å². The molecule has 0 radical (unpaired) electrons. The number of thioether (sulfide) groups is 1. The Balaban J connectivity index is 1.75. The van der Waals surface area contributed by atoms with Gasteiger partial charge in [-0.05, 0) is 53.4 Å². The Morgan fingerprint density at radius 3 is 2.89 bits per heavy atom. The fourth-order valence-corrected chi connectivity index (χ4v) is 4.18. The zero-order valence-corrected chi connectivity index (χ0v) is 13.3. The molecule has 0 atom stereocenters. The number of hydrogen-bond acceptors (Lipinski definition) is 4. The number of aliphatic imine (C=N–C) groups is 1. The lowest BCUT2D eigenvalue weighted by Crippen LogP contribution is -2.34. The summed E-state index contributed by atoms with van der Waals surface area (Å²) in [4.78, 5) is 4.91. The molecule has 2 aliphatic rings. The molecule has 0 aliphatic carbocycles. The van der Waals surface area contributed by atoms with Crippen molar-refractivity contribution < 1.29 is 4.74 Å². The van der Waals surface area contributed by atoms with Crippen molar-refractivity contribution >= 4 is 38.5 Å². The maximum Gasteiger partial charge on any atom is 0.161 e. The van der Waals surface area contributed by atoms with Crippen LogP contribution in [0, 0.1) is 6.92 Å². The second-order valence-electron chi connectivity index (χ2n) is 5.15. The van der Waals surface area contributed by atoms with Gasteiger partial charge in [0.2, 0.25) is 0 Å². The Morgan fingerprint density at radius 1 is 1.37 bits per heavy atom. The number of nitrogens with zero attached hydrogens (tertiary/aromatic N) is 1. The third-order valence-electron chi connectivity index (χ3n) is 3.61. The van der Waals surface area contributed by atoms with Crippen molar-refractivity contribution in [1.29, 1.82) is 0 Å². The second kappa shape index (κ2) is 5.46. The van der Waals surface area contributed by atoms with Gasteiger partial charge in [-0.25, -0.2) is 0 Å². The first-order chi connectivity index (χ1) is 9.17. The standard InChI is InChI=1S/C14H17BrN2OS/c1-10-2-3-12(11(15)8-10)16-13-17-14(9-19-13)4-6-18-7-5-14/h2-3,8H,4-7,9H2,1H3,(H,16,17). The average molecular weight is 341 g/mol. The van der Waals surface area contributed by atoms with Crippen LogP contribution >= 0.6 is 27.7 Å². The quantitative estimate of drug-likeness (QED) is 0.843. The molecule has 0 amide bonds. The maximum absolute atomic E-state index is 5.44. The Morgan fingerprint density at radius 2 is 2.16 bits per heavy atom. The van der Waals surface area contributed by atoms with E-state index in [1.165, 1.54) is 5.56 Å². The van der Waals surface area contributed by atoms with Crippen LogP contribution in [-0.4, -0.2) is 29.7 Å². The number of ether oxygens (including phenoxy) is 1. The minimum absolute atomic E-state index is 0.114. The number of halogens is 1. The van der Waals surface area contributed by atoms with E-state index in [1.807, 2.05) is 11.8 Å². The number of benzene rings is 1. The van der Waals surface area contributed by atoms with Gasteiger partial charge in [-0.3, -0.25) is 4.99 Å². The van der Waals surface area contributed by atoms with Crippen LogP contribution in [0.2, 0.25) is 0 Å². The molecule has 0 bridgehead atoms. The molecule has 1 saturated heterocycles. The summed E-state index contributed by atoms with van der Waals surface area (Å²) in [6.45, 7) is 3.77. The summed E-state index contributed by atoms with van der Waals surface area (Å²) in [5.41, 5.74) is 2.45. The van der Waals surface area contributed by atoms with Gasteiger partial charge < -0.3 is 10.1 Å². The van der Waals surface area contributed by atoms with Crippen LogP contribution in [0.25, 0.3) is 0 Å². The van der Waals surface area contributed by atoms with Gasteiger partial charge in [0.15, 0.2) is 5.17 Å². The molecule has 3 rings (SSSR count). The van der Waals surface area contributed by atoms with E-state index in [9.17, 15) is 0 Å². The van der Waals surface area contributed by atoms with E-state index in [-0.39, 0.29) is 5.54 Å². The van der Waals surface area contributed by atoms with Crippen LogP contribution in [0.5, 0.6) is 0 Å². The van der Waals surface area contributed by atoms with E-state index >= 15 is 0 Å². The minimum atomic E-state index is 0.114. The zero-order chi connectivity index (χ0) is 13.3. The zero-order valence-electron chi connectivity index (χ0n) is 10.9. The van der Waals surface area contributed by atoms with E-state index in [0.717, 1.165) is 47.1 Å². The lowest BCUT2D eigenvalue weighted by atomic mass is 9.93. The fraction of sp³-hybridized carbons (Fsp3) is 0.500. The molecule has 0 unspecified atom stereocenters. The predicted octanol–water partition coefficient (Wildman–Crippen LogP) is 3.82. The monoisotopic (exact) mass is 340 g/mol. The van der Waals surface area contributed by atoms with Crippen LogP contribution < -0.4 is 5.32 Å². The van der Waals surface area contributed by atoms with Crippen molar-refractivity contribution in [1.82, 2.24) is 0 Å². The maximum atomic E-state index is 5.44. The summed E-state index contributed by atoms with van der Waals surface area (Å²) in [5.74, 6) is 1.07. The molecule has 1 aromatic carbocycles. The Kier molecular flexibility index (Phi) is 3.87. The second-order valence-corrected chi connectivity index (χ2v) is 6.97. The lowest BCUT2D eigenvalue weighted by Gasteiger charge is -2.29. The third-order valence-corrected chi connectivity index (χ3v) is 5.41. The van der Waals surface area contributed by atoms with E-state index in [0.29, 0.717) is 0 Å². The molecular formula is C14H17BrN2OS. The molecule has 1 N–H and O–H groups in total. The molecule has 19 heavy (non-hydrogen) atoms. The fourth-order valence-electron chi connectivity index (χ4n) is 2.39. The first kappa shape index (κ1) is 13.5. The molecule has 2 aliphatic heterocycles. The Labute approximate surface area is 126 Å². The summed E-state index contributed by atoms with van der Waals surface area (Å²) in [6, 6.07) is 6.32. The highest BCUT2D eigenvalue weighted by molar-refractivity contribution is 9.10. The van der Waals surface area contributed by atoms with Gasteiger partial charge in [0.1, 0.15) is 0 Å². The molecule has 1 spiro atoms. The summed E-state index contributed by atoms with van der Waals surface area (Å²) < 4.78 is 6.52. The van der Waals surface area contributed by atoms with Crippen molar-refractivity contribution in [2.24, 2.45) is 4.99 Å². The normalized spacial score (nSPS) is 21.5. The van der Waals surface area contributed by atoms with Crippen LogP contribution in [-0.2, 0) is 4.74 Å². The SMILES string of the molecule is Cc1ccc(NC2=NC3(CCOCC3)CS2)c(Br)c1. The number of hydrogen-bond donors (Lipinski definition) is 1. The highest BCUT2D eigenvalue weighted by Gasteiger charge is 2.37. The molecule has 5 heteroatoms. The Hall–Kier alpha value is -0.520. The summed E-state index contributed by atoms with van der Waals surface area (Å²) in [7, 11) is 0. The van der Waals surface area contributed by atoms with Gasteiger partial charge in [-0.15, -0.1) is 0 Å². The number of anilines is 1. The molecule has 102 valence electrons. The Bertz CT molecular complexity index is 512. The van der Waals surface area contributed by atoms with Gasteiger partial charge in [-0.1, -0.05) is 17.8 Å². The summed E-state index contributed by atoms with van der Waals surface area (Å²) >= 11 is 5.41. The number of rotatable bonds is 1. The van der Waals surface area contributed by atoms with E-state index in [2.05, 4.69) is 46.4 Å². The van der Waals surface area contributed by atoms with Crippen molar-refractivity contribution in [3.05, 3.63) is 28.2 Å². The molecule has 0 aromatic heterocycles. The first-order valence-corrected chi connectivity index (χ1v) is 8.28. The first-order valence-electron chi connectivity index (χ1n) is 6.51. The number of aryl methyl sites for hydroxylation is 1. The molecule has 0 saturated carbocycles.